The van der Waals surface area contributed by atoms with Gasteiger partial charge in [-0.1, -0.05) is 12.1 Å². The van der Waals surface area contributed by atoms with Crippen molar-refractivity contribution >= 4 is 29.6 Å². The van der Waals surface area contributed by atoms with Crippen LogP contribution in [0.15, 0.2) is 36.5 Å². The first-order valence-electron chi connectivity index (χ1n) is 12.5. The molecule has 2 amide bonds. The number of aryl methyl sites for hydroxylation is 2. The van der Waals surface area contributed by atoms with Crippen LogP contribution >= 0.6 is 0 Å². The lowest BCUT2D eigenvalue weighted by Crippen LogP contribution is -2.27. The van der Waals surface area contributed by atoms with Gasteiger partial charge < -0.3 is 25.8 Å². The van der Waals surface area contributed by atoms with Crippen LogP contribution in [0.2, 0.25) is 0 Å². The number of carbonyl (C=O) groups is 3. The van der Waals surface area contributed by atoms with Crippen LogP contribution in [0.3, 0.4) is 0 Å². The number of hydrogen-bond donors (Lipinski definition) is 3. The van der Waals surface area contributed by atoms with E-state index in [1.165, 1.54) is 0 Å². The van der Waals surface area contributed by atoms with Crippen molar-refractivity contribution in [2.24, 2.45) is 11.8 Å². The molecule has 2 atom stereocenters. The molecule has 2 aromatic heterocycles. The number of rotatable bonds is 9. The quantitative estimate of drug-likeness (QED) is 0.389. The van der Waals surface area contributed by atoms with Gasteiger partial charge in [0.05, 0.1) is 11.3 Å². The van der Waals surface area contributed by atoms with Gasteiger partial charge in [-0.25, -0.2) is 4.98 Å². The third-order valence-corrected chi connectivity index (χ3v) is 7.48. The molecule has 37 heavy (non-hydrogen) atoms. The highest BCUT2D eigenvalue weighted by atomic mass is 16.2. The Labute approximate surface area is 216 Å². The summed E-state index contributed by atoms with van der Waals surface area (Å²) in [5, 5.41) is 6.16. The predicted molar refractivity (Wildman–Crippen MR) is 141 cm³/mol. The highest BCUT2D eigenvalue weighted by molar-refractivity contribution is 5.95. The Balaban J connectivity index is 1.28. The van der Waals surface area contributed by atoms with E-state index in [1.54, 1.807) is 22.9 Å². The van der Waals surface area contributed by atoms with E-state index in [9.17, 15) is 14.4 Å². The maximum atomic E-state index is 12.9. The third-order valence-electron chi connectivity index (χ3n) is 7.48. The number of likely N-dealkylation sites (tertiary alicyclic amines) is 1. The third kappa shape index (κ3) is 4.94. The molecule has 1 saturated carbocycles. The molecule has 4 N–H and O–H groups in total. The molecule has 9 nitrogen and oxygen atoms in total. The zero-order valence-electron chi connectivity index (χ0n) is 21.4. The van der Waals surface area contributed by atoms with E-state index < -0.39 is 0 Å². The Morgan fingerprint density at radius 1 is 1.22 bits per heavy atom. The number of nitrogens with two attached hydrogens (primary N) is 1. The summed E-state index contributed by atoms with van der Waals surface area (Å²) in [5.41, 5.74) is 12.2. The molecule has 2 aliphatic rings. The topological polar surface area (TPSA) is 122 Å². The Hall–Kier alpha value is -4.14. The summed E-state index contributed by atoms with van der Waals surface area (Å²) in [6.07, 6.45) is 3.50. The fourth-order valence-corrected chi connectivity index (χ4v) is 5.31. The number of hydrogen-bond acceptors (Lipinski definition) is 6. The van der Waals surface area contributed by atoms with Crippen molar-refractivity contribution in [3.63, 3.8) is 0 Å². The van der Waals surface area contributed by atoms with Gasteiger partial charge in [0.25, 0.3) is 5.91 Å². The van der Waals surface area contributed by atoms with E-state index in [4.69, 9.17) is 5.73 Å². The van der Waals surface area contributed by atoms with Crippen molar-refractivity contribution in [3.8, 4) is 0 Å². The smallest absolute Gasteiger partial charge is 0.253 e. The summed E-state index contributed by atoms with van der Waals surface area (Å²) in [4.78, 5) is 43.3. The monoisotopic (exact) mass is 500 g/mol. The van der Waals surface area contributed by atoms with Crippen LogP contribution in [-0.4, -0.2) is 46.1 Å². The second-order valence-electron chi connectivity index (χ2n) is 10.1. The zero-order chi connectivity index (χ0) is 26.3. The fraction of sp³-hybridized carbons (Fsp3) is 0.357. The number of nitrogens with zero attached hydrogens (tertiary/aromatic N) is 3. The fourth-order valence-electron chi connectivity index (χ4n) is 5.31. The van der Waals surface area contributed by atoms with Crippen LogP contribution in [-0.2, 0) is 24.4 Å². The Bertz CT molecular complexity index is 1370. The molecule has 5 rings (SSSR count). The number of aldehydes is 1. The van der Waals surface area contributed by atoms with Crippen molar-refractivity contribution in [1.29, 1.82) is 0 Å². The molecule has 0 radical (unpaired) electrons. The molecule has 192 valence electrons. The van der Waals surface area contributed by atoms with Crippen LogP contribution in [0, 0.1) is 25.7 Å². The molecule has 0 bridgehead atoms. The van der Waals surface area contributed by atoms with Crippen molar-refractivity contribution < 1.29 is 14.4 Å². The molecule has 1 aliphatic carbocycles. The minimum atomic E-state index is -0.269. The van der Waals surface area contributed by atoms with Gasteiger partial charge in [0.1, 0.15) is 5.82 Å². The van der Waals surface area contributed by atoms with Crippen LogP contribution in [0.25, 0.3) is 0 Å². The molecule has 1 aromatic carbocycles. The van der Waals surface area contributed by atoms with Crippen molar-refractivity contribution in [3.05, 3.63) is 75.7 Å². The number of pyridine rings is 1. The van der Waals surface area contributed by atoms with Crippen LogP contribution < -0.4 is 16.4 Å². The van der Waals surface area contributed by atoms with Gasteiger partial charge in [-0.15, -0.1) is 0 Å². The molecule has 3 aromatic rings. The second-order valence-corrected chi connectivity index (χ2v) is 10.1. The van der Waals surface area contributed by atoms with E-state index in [1.807, 2.05) is 37.9 Å². The lowest BCUT2D eigenvalue weighted by Gasteiger charge is -2.20. The SMILES string of the molecule is CNc1cc(CN2CC3CC3C2=O)ccc1Cn1cc(C(=O)NCc2c(C)cc(N)nc2C)cc1C=O. The maximum Gasteiger partial charge on any atom is 0.253 e. The molecule has 2 unspecified atom stereocenters. The van der Waals surface area contributed by atoms with Crippen molar-refractivity contribution in [2.75, 3.05) is 24.6 Å². The number of carbonyl (C=O) groups excluding carboxylic acids is 3. The molecule has 0 spiro atoms. The largest absolute Gasteiger partial charge is 0.388 e. The first kappa shape index (κ1) is 24.5. The van der Waals surface area contributed by atoms with Gasteiger partial charge in [-0.3, -0.25) is 14.4 Å². The van der Waals surface area contributed by atoms with Gasteiger partial charge in [0, 0.05) is 56.7 Å². The molecular formula is C28H32N6O3. The van der Waals surface area contributed by atoms with Gasteiger partial charge in [-0.05, 0) is 66.6 Å². The van der Waals surface area contributed by atoms with Crippen LogP contribution in [0.5, 0.6) is 0 Å². The highest BCUT2D eigenvalue weighted by Crippen LogP contribution is 2.46. The maximum absolute atomic E-state index is 12.9. The Morgan fingerprint density at radius 3 is 2.70 bits per heavy atom. The summed E-state index contributed by atoms with van der Waals surface area (Å²) in [6, 6.07) is 9.47. The number of anilines is 2. The summed E-state index contributed by atoms with van der Waals surface area (Å²) in [5.74, 6) is 1.25. The molecule has 2 fully saturated rings. The molecule has 1 aliphatic heterocycles. The van der Waals surface area contributed by atoms with Crippen molar-refractivity contribution in [2.45, 2.75) is 39.9 Å². The normalized spacial score (nSPS) is 18.0. The number of benzene rings is 1. The summed E-state index contributed by atoms with van der Waals surface area (Å²) in [7, 11) is 1.85. The minimum Gasteiger partial charge on any atom is -0.388 e. The van der Waals surface area contributed by atoms with Gasteiger partial charge >= 0.3 is 0 Å². The second kappa shape index (κ2) is 9.72. The van der Waals surface area contributed by atoms with Gasteiger partial charge in [0.2, 0.25) is 5.91 Å². The van der Waals surface area contributed by atoms with Crippen molar-refractivity contribution in [1.82, 2.24) is 19.8 Å². The number of aromatic nitrogens is 2. The number of amides is 2. The van der Waals surface area contributed by atoms with E-state index in [-0.39, 0.29) is 17.7 Å². The summed E-state index contributed by atoms with van der Waals surface area (Å²) < 4.78 is 1.77. The van der Waals surface area contributed by atoms with E-state index in [0.29, 0.717) is 42.6 Å². The van der Waals surface area contributed by atoms with Gasteiger partial charge in [0.15, 0.2) is 6.29 Å². The predicted octanol–water partition coefficient (Wildman–Crippen LogP) is 2.89. The molecular weight excluding hydrogens is 468 g/mol. The molecule has 9 heteroatoms. The van der Waals surface area contributed by atoms with E-state index in [2.05, 4.69) is 21.7 Å². The van der Waals surface area contributed by atoms with Gasteiger partial charge in [-0.2, -0.15) is 0 Å². The standard InChI is InChI=1S/C28H32N6O3/c1-16-6-26(29)32-17(2)24(16)10-31-27(36)21-8-22(15-35)33(14-21)12-19-5-4-18(7-25(19)30-3)11-34-13-20-9-23(20)28(34)37/h4-8,14-15,20,23,30H,9-13H2,1-3H3,(H2,29,32)(H,31,36). The average Bonchev–Trinajstić information content (AvgIpc) is 3.41. The lowest BCUT2D eigenvalue weighted by molar-refractivity contribution is -0.130. The highest BCUT2D eigenvalue weighted by Gasteiger charge is 2.51. The Morgan fingerprint density at radius 2 is 2.03 bits per heavy atom. The van der Waals surface area contributed by atoms with E-state index in [0.717, 1.165) is 52.9 Å². The first-order chi connectivity index (χ1) is 17.8. The first-order valence-corrected chi connectivity index (χ1v) is 12.5. The number of nitrogen functional groups attached to an aromatic ring is 1. The van der Waals surface area contributed by atoms with E-state index >= 15 is 0 Å². The number of nitrogens with one attached hydrogen (secondary N) is 2. The summed E-state index contributed by atoms with van der Waals surface area (Å²) >= 11 is 0. The molecule has 3 heterocycles. The molecule has 1 saturated heterocycles. The summed E-state index contributed by atoms with van der Waals surface area (Å²) in [6.45, 7) is 6.00. The number of piperidine rings is 1. The Kier molecular flexibility index (Phi) is 6.45. The van der Waals surface area contributed by atoms with Crippen LogP contribution in [0.1, 0.15) is 55.2 Å². The average molecular weight is 501 g/mol. The number of fused-ring (bicyclic) bond motifs is 1. The lowest BCUT2D eigenvalue weighted by atomic mass is 10.1. The minimum absolute atomic E-state index is 0.251. The zero-order valence-corrected chi connectivity index (χ0v) is 21.4. The van der Waals surface area contributed by atoms with Crippen LogP contribution in [0.4, 0.5) is 11.5 Å².